The minimum atomic E-state index is -1.70. The lowest BCUT2D eigenvalue weighted by molar-refractivity contribution is -0.139. The van der Waals surface area contributed by atoms with E-state index in [1.165, 1.54) is 24.3 Å². The molecule has 4 unspecified atom stereocenters. The zero-order valence-corrected chi connectivity index (χ0v) is 24.1. The molecule has 1 amide bonds. The zero-order valence-electron chi connectivity index (χ0n) is 22.6. The predicted octanol–water partition coefficient (Wildman–Crippen LogP) is 4.82. The molecule has 2 N–H and O–H groups in total. The molecule has 2 saturated heterocycles. The van der Waals surface area contributed by atoms with Crippen molar-refractivity contribution < 1.29 is 23.5 Å². The highest BCUT2D eigenvalue weighted by Gasteiger charge is 2.61. The van der Waals surface area contributed by atoms with Crippen molar-refractivity contribution in [2.45, 2.75) is 50.6 Å². The third kappa shape index (κ3) is 5.82. The number of amides is 1. The van der Waals surface area contributed by atoms with Gasteiger partial charge in [-0.25, -0.2) is 8.78 Å². The first-order valence-electron chi connectivity index (χ1n) is 13.1. The number of aliphatic carboxylic acids is 1. The van der Waals surface area contributed by atoms with E-state index in [2.05, 4.69) is 11.4 Å². The molecule has 2 aliphatic heterocycles. The van der Waals surface area contributed by atoms with Crippen molar-refractivity contribution in [3.63, 3.8) is 0 Å². The largest absolute Gasteiger partial charge is 0.480 e. The summed E-state index contributed by atoms with van der Waals surface area (Å²) in [5, 5.41) is 23.4. The molecule has 0 spiro atoms. The minimum absolute atomic E-state index is 0.0205. The van der Waals surface area contributed by atoms with E-state index >= 15 is 8.78 Å². The maximum Gasteiger partial charge on any atom is 0.317 e. The van der Waals surface area contributed by atoms with Gasteiger partial charge in [-0.1, -0.05) is 62.2 Å². The lowest BCUT2D eigenvalue weighted by Crippen LogP contribution is -2.55. The van der Waals surface area contributed by atoms with Gasteiger partial charge in [-0.05, 0) is 35.6 Å². The summed E-state index contributed by atoms with van der Waals surface area (Å²) in [6.45, 7) is 6.99. The van der Waals surface area contributed by atoms with Crippen molar-refractivity contribution in [1.29, 1.82) is 5.26 Å². The molecule has 0 bridgehead atoms. The normalized spacial score (nSPS) is 25.6. The fourth-order valence-corrected chi connectivity index (χ4v) is 6.40. The van der Waals surface area contributed by atoms with Crippen molar-refractivity contribution in [1.82, 2.24) is 15.1 Å². The van der Waals surface area contributed by atoms with Crippen LogP contribution in [0.4, 0.5) is 8.78 Å². The topological polar surface area (TPSA) is 96.7 Å². The van der Waals surface area contributed by atoms with Gasteiger partial charge in [0.15, 0.2) is 0 Å². The monoisotopic (exact) mass is 592 g/mol. The van der Waals surface area contributed by atoms with Crippen LogP contribution in [0.3, 0.4) is 0 Å². The summed E-state index contributed by atoms with van der Waals surface area (Å²) >= 11 is 12.2. The second kappa shape index (κ2) is 11.6. The highest BCUT2D eigenvalue weighted by atomic mass is 35.5. The number of hydrogen-bond acceptors (Lipinski definition) is 5. The number of benzene rings is 2. The van der Waals surface area contributed by atoms with Crippen LogP contribution in [0.2, 0.25) is 10.0 Å². The smallest absolute Gasteiger partial charge is 0.317 e. The van der Waals surface area contributed by atoms with Crippen molar-refractivity contribution >= 4 is 35.1 Å². The van der Waals surface area contributed by atoms with Gasteiger partial charge in [0.1, 0.15) is 17.0 Å². The van der Waals surface area contributed by atoms with E-state index in [0.29, 0.717) is 19.5 Å². The Balaban J connectivity index is 1.87. The van der Waals surface area contributed by atoms with E-state index in [1.807, 2.05) is 20.8 Å². The first-order chi connectivity index (χ1) is 18.8. The third-order valence-electron chi connectivity index (χ3n) is 7.76. The van der Waals surface area contributed by atoms with Gasteiger partial charge in [-0.2, -0.15) is 5.26 Å². The molecular weight excluding hydrogens is 561 g/mol. The number of nitrogens with zero attached hydrogens (tertiary/aromatic N) is 3. The molecule has 2 aromatic carbocycles. The van der Waals surface area contributed by atoms with Gasteiger partial charge in [-0.15, -0.1) is 0 Å². The fourth-order valence-electron chi connectivity index (χ4n) is 6.06. The van der Waals surface area contributed by atoms with Crippen LogP contribution in [0.5, 0.6) is 0 Å². The van der Waals surface area contributed by atoms with Crippen molar-refractivity contribution in [2.75, 3.05) is 32.7 Å². The highest BCUT2D eigenvalue weighted by Crippen LogP contribution is 2.53. The highest BCUT2D eigenvalue weighted by molar-refractivity contribution is 6.31. The molecule has 0 saturated carbocycles. The summed E-state index contributed by atoms with van der Waals surface area (Å²) in [5.74, 6) is -3.96. The quantitative estimate of drug-likeness (QED) is 0.499. The van der Waals surface area contributed by atoms with Crippen molar-refractivity contribution in [3.05, 3.63) is 69.2 Å². The Morgan fingerprint density at radius 1 is 1.15 bits per heavy atom. The first-order valence-corrected chi connectivity index (χ1v) is 13.8. The lowest BCUT2D eigenvalue weighted by Gasteiger charge is -2.38. The van der Waals surface area contributed by atoms with Crippen LogP contribution in [0.15, 0.2) is 36.4 Å². The number of rotatable bonds is 6. The van der Waals surface area contributed by atoms with Gasteiger partial charge in [0, 0.05) is 48.7 Å². The van der Waals surface area contributed by atoms with E-state index in [9.17, 15) is 14.9 Å². The number of carbonyl (C=O) groups is 2. The number of hydrogen-bond donors (Lipinski definition) is 2. The molecule has 4 atom stereocenters. The van der Waals surface area contributed by atoms with Crippen LogP contribution < -0.4 is 5.32 Å². The Bertz CT molecular complexity index is 1340. The second-order valence-corrected chi connectivity index (χ2v) is 12.5. The second-order valence-electron chi connectivity index (χ2n) is 11.7. The molecule has 4 rings (SSSR count). The van der Waals surface area contributed by atoms with Crippen LogP contribution in [0, 0.1) is 28.4 Å². The average molecular weight is 594 g/mol. The summed E-state index contributed by atoms with van der Waals surface area (Å²) in [6, 6.07) is 8.96. The molecule has 2 fully saturated rings. The molecule has 0 aliphatic carbocycles. The first kappa shape index (κ1) is 30.2. The van der Waals surface area contributed by atoms with E-state index < -0.39 is 41.0 Å². The summed E-state index contributed by atoms with van der Waals surface area (Å²) in [4.78, 5) is 28.6. The minimum Gasteiger partial charge on any atom is -0.480 e. The maximum atomic E-state index is 15.8. The average Bonchev–Trinajstić information content (AvgIpc) is 3.18. The number of halogens is 4. The van der Waals surface area contributed by atoms with Gasteiger partial charge < -0.3 is 15.3 Å². The molecule has 11 heteroatoms. The van der Waals surface area contributed by atoms with Crippen LogP contribution in [0.25, 0.3) is 0 Å². The SMILES string of the molecule is CC(C)(C)CC1NC(C(=O)N2CCN(CC(=O)O)CC2)C(c2cccc(Cl)c2F)C1(C#N)c1ccc(Cl)cc1F. The van der Waals surface area contributed by atoms with E-state index in [1.54, 1.807) is 15.9 Å². The molecule has 2 aliphatic rings. The summed E-state index contributed by atoms with van der Waals surface area (Å²) in [5.41, 5.74) is -1.98. The molecule has 0 aromatic heterocycles. The molecular formula is C29H32Cl2F2N4O3. The molecule has 2 aromatic rings. The Labute approximate surface area is 242 Å². The van der Waals surface area contributed by atoms with Gasteiger partial charge in [0.05, 0.1) is 23.7 Å². The van der Waals surface area contributed by atoms with E-state index in [0.717, 1.165) is 6.07 Å². The third-order valence-corrected chi connectivity index (χ3v) is 8.29. The van der Waals surface area contributed by atoms with Crippen molar-refractivity contribution in [2.24, 2.45) is 5.41 Å². The Hall–Kier alpha value is -2.77. The lowest BCUT2D eigenvalue weighted by atomic mass is 9.62. The fraction of sp³-hybridized carbons (Fsp3) is 0.483. The molecule has 214 valence electrons. The number of nitriles is 1. The van der Waals surface area contributed by atoms with Gasteiger partial charge >= 0.3 is 5.97 Å². The summed E-state index contributed by atoms with van der Waals surface area (Å²) in [7, 11) is 0. The molecule has 7 nitrogen and oxygen atoms in total. The maximum absolute atomic E-state index is 15.8. The van der Waals surface area contributed by atoms with Crippen molar-refractivity contribution in [3.8, 4) is 6.07 Å². The number of carboxylic acid groups (broad SMARTS) is 1. The van der Waals surface area contributed by atoms with E-state index in [4.69, 9.17) is 28.3 Å². The summed E-state index contributed by atoms with van der Waals surface area (Å²) < 4.78 is 31.5. The summed E-state index contributed by atoms with van der Waals surface area (Å²) in [6.07, 6.45) is 0.373. The Morgan fingerprint density at radius 3 is 2.40 bits per heavy atom. The zero-order chi connectivity index (χ0) is 29.4. The molecule has 40 heavy (non-hydrogen) atoms. The predicted molar refractivity (Wildman–Crippen MR) is 148 cm³/mol. The molecule has 2 heterocycles. The van der Waals surface area contributed by atoms with Crippen LogP contribution >= 0.6 is 23.2 Å². The number of nitrogens with one attached hydrogen (secondary N) is 1. The van der Waals surface area contributed by atoms with Crippen LogP contribution in [-0.2, 0) is 15.0 Å². The van der Waals surface area contributed by atoms with Crippen LogP contribution in [0.1, 0.15) is 44.2 Å². The Kier molecular flexibility index (Phi) is 8.77. The van der Waals surface area contributed by atoms with Gasteiger partial charge in [0.2, 0.25) is 5.91 Å². The number of piperazine rings is 1. The van der Waals surface area contributed by atoms with Crippen LogP contribution in [-0.4, -0.2) is 71.6 Å². The standard InChI is InChI=1S/C29H32Cl2F2N4O3/c1-28(2,3)14-22-29(16-34,19-8-7-17(30)13-21(19)32)24(18-5-4-6-20(31)25(18)33)26(35-22)27(40)37-11-9-36(10-12-37)15-23(38)39/h4-8,13,22,24,26,35H,9-12,14-15H2,1-3H3,(H,38,39). The number of carboxylic acids is 1. The Morgan fingerprint density at radius 2 is 1.82 bits per heavy atom. The van der Waals surface area contributed by atoms with Gasteiger partial charge in [-0.3, -0.25) is 14.5 Å². The van der Waals surface area contributed by atoms with Gasteiger partial charge in [0.25, 0.3) is 0 Å². The van der Waals surface area contributed by atoms with E-state index in [-0.39, 0.29) is 52.1 Å². The molecule has 0 radical (unpaired) electrons. The number of carbonyl (C=O) groups excluding carboxylic acids is 1.